The third kappa shape index (κ3) is 4.78. The Labute approximate surface area is 166 Å². The molecule has 1 atom stereocenters. The van der Waals surface area contributed by atoms with Gasteiger partial charge in [0.1, 0.15) is 0 Å². The fourth-order valence-corrected chi connectivity index (χ4v) is 5.21. The van der Waals surface area contributed by atoms with Crippen molar-refractivity contribution in [3.63, 3.8) is 0 Å². The summed E-state index contributed by atoms with van der Waals surface area (Å²) in [6.45, 7) is 5.87. The molecule has 0 saturated carbocycles. The number of hydrogen-bond donors (Lipinski definition) is 1. The van der Waals surface area contributed by atoms with Gasteiger partial charge in [0.2, 0.25) is 0 Å². The summed E-state index contributed by atoms with van der Waals surface area (Å²) in [5, 5.41) is 8.49. The van der Waals surface area contributed by atoms with E-state index in [2.05, 4.69) is 23.2 Å². The summed E-state index contributed by atoms with van der Waals surface area (Å²) >= 11 is 3.84. The molecule has 26 heavy (non-hydrogen) atoms. The molecule has 0 spiro atoms. The fraction of sp³-hybridized carbons (Fsp3) is 0.789. The molecule has 1 aliphatic heterocycles. The molecule has 1 unspecified atom stereocenters. The molecule has 1 N–H and O–H groups in total. The zero-order chi connectivity index (χ0) is 18.4. The van der Waals surface area contributed by atoms with Gasteiger partial charge in [-0.25, -0.2) is 0 Å². The highest BCUT2D eigenvalue weighted by atomic mass is 32.2. The van der Waals surface area contributed by atoms with E-state index in [0.717, 1.165) is 69.1 Å². The van der Waals surface area contributed by atoms with Gasteiger partial charge in [0.05, 0.1) is 0 Å². The molecule has 146 valence electrons. The second-order valence-corrected chi connectivity index (χ2v) is 9.35. The van der Waals surface area contributed by atoms with Gasteiger partial charge in [-0.1, -0.05) is 6.92 Å². The van der Waals surface area contributed by atoms with Crippen molar-refractivity contribution in [3.05, 3.63) is 17.0 Å². The Kier molecular flexibility index (Phi) is 7.76. The van der Waals surface area contributed by atoms with Gasteiger partial charge in [-0.15, -0.1) is 0 Å². The Morgan fingerprint density at radius 3 is 2.92 bits per heavy atom. The second kappa shape index (κ2) is 10.0. The summed E-state index contributed by atoms with van der Waals surface area (Å²) in [6, 6.07) is 0.479. The van der Waals surface area contributed by atoms with Crippen molar-refractivity contribution >= 4 is 29.4 Å². The minimum atomic E-state index is 0.152. The molecule has 1 amide bonds. The highest BCUT2D eigenvalue weighted by molar-refractivity contribution is 7.99. The van der Waals surface area contributed by atoms with E-state index < -0.39 is 0 Å². The molecule has 1 saturated heterocycles. The van der Waals surface area contributed by atoms with Crippen molar-refractivity contribution in [3.8, 4) is 0 Å². The third-order valence-corrected chi connectivity index (χ3v) is 6.88. The van der Waals surface area contributed by atoms with Crippen molar-refractivity contribution in [1.29, 1.82) is 0 Å². The monoisotopic (exact) mass is 396 g/mol. The molecule has 1 aliphatic carbocycles. The lowest BCUT2D eigenvalue weighted by Gasteiger charge is -2.27. The highest BCUT2D eigenvalue weighted by Gasteiger charge is 2.31. The van der Waals surface area contributed by atoms with Crippen LogP contribution >= 0.6 is 23.5 Å². The number of aromatic nitrogens is 2. The van der Waals surface area contributed by atoms with Gasteiger partial charge in [-0.3, -0.25) is 9.48 Å². The van der Waals surface area contributed by atoms with Crippen LogP contribution in [0.4, 0.5) is 0 Å². The van der Waals surface area contributed by atoms with Gasteiger partial charge in [0, 0.05) is 48.4 Å². The largest absolute Gasteiger partial charge is 0.336 e. The lowest BCUT2D eigenvalue weighted by molar-refractivity contribution is 0.0764. The van der Waals surface area contributed by atoms with E-state index in [4.69, 9.17) is 5.10 Å². The van der Waals surface area contributed by atoms with Crippen LogP contribution in [0.25, 0.3) is 0 Å². The summed E-state index contributed by atoms with van der Waals surface area (Å²) in [5.74, 6) is 3.45. The standard InChI is InChI=1S/C19H32N4OS2/c1-3-8-23-17-6-5-15(20-7-4-11-25-2)14-16(17)18(21-23)19(24)22-9-12-26-13-10-22/h15,20H,3-14H2,1-2H3. The maximum absolute atomic E-state index is 13.1. The van der Waals surface area contributed by atoms with Gasteiger partial charge >= 0.3 is 0 Å². The van der Waals surface area contributed by atoms with Crippen molar-refractivity contribution < 1.29 is 4.79 Å². The Hall–Kier alpha value is -0.660. The van der Waals surface area contributed by atoms with Crippen LogP contribution in [0.2, 0.25) is 0 Å². The average molecular weight is 397 g/mol. The molecule has 0 aromatic carbocycles. The number of carbonyl (C=O) groups excluding carboxylic acids is 1. The molecule has 1 aromatic heterocycles. The summed E-state index contributed by atoms with van der Waals surface area (Å²) in [5.41, 5.74) is 3.26. The van der Waals surface area contributed by atoms with Crippen LogP contribution in [0.5, 0.6) is 0 Å². The highest BCUT2D eigenvalue weighted by Crippen LogP contribution is 2.27. The minimum Gasteiger partial charge on any atom is -0.336 e. The van der Waals surface area contributed by atoms with Gasteiger partial charge < -0.3 is 10.2 Å². The molecule has 5 nitrogen and oxygen atoms in total. The number of fused-ring (bicyclic) bond motifs is 1. The summed E-state index contributed by atoms with van der Waals surface area (Å²) in [7, 11) is 0. The number of nitrogens with zero attached hydrogens (tertiary/aromatic N) is 3. The first kappa shape index (κ1) is 20.1. The number of aryl methyl sites for hydroxylation is 1. The molecule has 2 aliphatic rings. The predicted octanol–water partition coefficient (Wildman–Crippen LogP) is 2.68. The lowest BCUT2D eigenvalue weighted by Crippen LogP contribution is -2.39. The summed E-state index contributed by atoms with van der Waals surface area (Å²) in [4.78, 5) is 15.1. The van der Waals surface area contributed by atoms with E-state index in [9.17, 15) is 4.79 Å². The van der Waals surface area contributed by atoms with E-state index in [1.54, 1.807) is 0 Å². The third-order valence-electron chi connectivity index (χ3n) is 5.24. The van der Waals surface area contributed by atoms with E-state index in [1.807, 2.05) is 28.4 Å². The minimum absolute atomic E-state index is 0.152. The Morgan fingerprint density at radius 2 is 2.19 bits per heavy atom. The average Bonchev–Trinajstić information content (AvgIpc) is 3.03. The normalized spacial score (nSPS) is 20.2. The van der Waals surface area contributed by atoms with E-state index in [1.165, 1.54) is 23.4 Å². The number of carbonyl (C=O) groups is 1. The molecule has 1 fully saturated rings. The van der Waals surface area contributed by atoms with E-state index >= 15 is 0 Å². The zero-order valence-electron chi connectivity index (χ0n) is 16.1. The van der Waals surface area contributed by atoms with Crippen LogP contribution in [0.1, 0.15) is 47.9 Å². The molecular formula is C19H32N4OS2. The smallest absolute Gasteiger partial charge is 0.274 e. The van der Waals surface area contributed by atoms with Crippen molar-refractivity contribution in [2.75, 3.05) is 43.1 Å². The topological polar surface area (TPSA) is 50.2 Å². The number of rotatable bonds is 8. The number of hydrogen-bond acceptors (Lipinski definition) is 5. The molecule has 0 bridgehead atoms. The maximum Gasteiger partial charge on any atom is 0.274 e. The van der Waals surface area contributed by atoms with Crippen LogP contribution < -0.4 is 5.32 Å². The SMILES string of the molecule is CCCn1nc(C(=O)N2CCSCC2)c2c1CCC(NCCCSC)C2. The molecule has 1 aromatic rings. The zero-order valence-corrected chi connectivity index (χ0v) is 17.8. The summed E-state index contributed by atoms with van der Waals surface area (Å²) < 4.78 is 2.12. The molecule has 2 heterocycles. The fourth-order valence-electron chi connectivity index (χ4n) is 3.87. The number of thioether (sulfide) groups is 2. The van der Waals surface area contributed by atoms with Crippen molar-refractivity contribution in [2.45, 2.75) is 51.6 Å². The van der Waals surface area contributed by atoms with Crippen LogP contribution in [0, 0.1) is 0 Å². The molecule has 7 heteroatoms. The second-order valence-electron chi connectivity index (χ2n) is 7.14. The summed E-state index contributed by atoms with van der Waals surface area (Å²) in [6.07, 6.45) is 7.55. The first-order chi connectivity index (χ1) is 12.7. The van der Waals surface area contributed by atoms with E-state index in [-0.39, 0.29) is 5.91 Å². The predicted molar refractivity (Wildman–Crippen MR) is 113 cm³/mol. The van der Waals surface area contributed by atoms with Gasteiger partial charge in [0.25, 0.3) is 5.91 Å². The first-order valence-electron chi connectivity index (χ1n) is 9.92. The number of amides is 1. The van der Waals surface area contributed by atoms with Gasteiger partial charge in [-0.05, 0) is 50.7 Å². The van der Waals surface area contributed by atoms with Crippen molar-refractivity contribution in [2.24, 2.45) is 0 Å². The Balaban J connectivity index is 1.74. The van der Waals surface area contributed by atoms with Gasteiger partial charge in [-0.2, -0.15) is 28.6 Å². The quantitative estimate of drug-likeness (QED) is 0.685. The molecule has 3 rings (SSSR count). The Bertz CT molecular complexity index is 599. The van der Waals surface area contributed by atoms with E-state index in [0.29, 0.717) is 6.04 Å². The van der Waals surface area contributed by atoms with Crippen LogP contribution in [-0.2, 0) is 19.4 Å². The van der Waals surface area contributed by atoms with Gasteiger partial charge in [0.15, 0.2) is 5.69 Å². The molecule has 0 radical (unpaired) electrons. The molecular weight excluding hydrogens is 364 g/mol. The van der Waals surface area contributed by atoms with Crippen LogP contribution in [0.15, 0.2) is 0 Å². The first-order valence-corrected chi connectivity index (χ1v) is 12.5. The maximum atomic E-state index is 13.1. The Morgan fingerprint density at radius 1 is 1.38 bits per heavy atom. The van der Waals surface area contributed by atoms with Crippen LogP contribution in [-0.4, -0.2) is 69.8 Å². The van der Waals surface area contributed by atoms with Crippen molar-refractivity contribution in [1.82, 2.24) is 20.0 Å². The van der Waals surface area contributed by atoms with Crippen LogP contribution in [0.3, 0.4) is 0 Å². The number of nitrogens with one attached hydrogen (secondary N) is 1. The lowest BCUT2D eigenvalue weighted by atomic mass is 9.91.